The molecule has 6 rings (SSSR count). The first-order valence-electron chi connectivity index (χ1n) is 18.5. The lowest BCUT2D eigenvalue weighted by molar-refractivity contribution is -0.142. The van der Waals surface area contributed by atoms with Gasteiger partial charge in [-0.05, 0) is 71.7 Å². The molecule has 0 aromatic rings. The van der Waals surface area contributed by atoms with Gasteiger partial charge in [-0.2, -0.15) is 0 Å². The van der Waals surface area contributed by atoms with Crippen LogP contribution in [0, 0.1) is 33.0 Å². The average Bonchev–Trinajstić information content (AvgIpc) is 3.21. The first kappa shape index (κ1) is 35.7. The van der Waals surface area contributed by atoms with Crippen LogP contribution in [0.3, 0.4) is 0 Å². The van der Waals surface area contributed by atoms with Gasteiger partial charge in [0.1, 0.15) is 18.1 Å². The Labute approximate surface area is 291 Å². The van der Waals surface area contributed by atoms with Crippen molar-refractivity contribution in [3.63, 3.8) is 0 Å². The van der Waals surface area contributed by atoms with Crippen LogP contribution in [0.1, 0.15) is 100 Å². The van der Waals surface area contributed by atoms with Crippen molar-refractivity contribution in [2.45, 2.75) is 125 Å². The molecule has 5 fully saturated rings. The van der Waals surface area contributed by atoms with Crippen LogP contribution in [0.2, 0.25) is 0 Å². The summed E-state index contributed by atoms with van der Waals surface area (Å²) in [4.78, 5) is 73.1. The highest BCUT2D eigenvalue weighted by atomic mass is 16.2. The van der Waals surface area contributed by atoms with E-state index in [0.29, 0.717) is 45.6 Å². The topological polar surface area (TPSA) is 166 Å². The second-order valence-electron chi connectivity index (χ2n) is 18.5. The molecule has 0 aromatic carbocycles. The number of nitrogens with zero attached hydrogens (tertiary/aromatic N) is 2. The molecular formula is C37H59N7O5. The number of carbonyl (C=O) groups is 5. The van der Waals surface area contributed by atoms with Crippen LogP contribution >= 0.6 is 0 Å². The largest absolute Gasteiger partial charge is 0.396 e. The van der Waals surface area contributed by atoms with Gasteiger partial charge in [0, 0.05) is 38.1 Å². The lowest BCUT2D eigenvalue weighted by atomic mass is 9.69. The summed E-state index contributed by atoms with van der Waals surface area (Å²) in [6.07, 6.45) is 6.13. The molecule has 4 unspecified atom stereocenters. The normalized spacial score (nSPS) is 31.3. The molecule has 5 amide bonds. The van der Waals surface area contributed by atoms with Gasteiger partial charge < -0.3 is 36.8 Å². The molecule has 2 heterocycles. The average molecular weight is 682 g/mol. The van der Waals surface area contributed by atoms with Gasteiger partial charge in [0.05, 0.1) is 11.7 Å². The molecule has 2 spiro atoms. The molecule has 0 bridgehead atoms. The van der Waals surface area contributed by atoms with Gasteiger partial charge in [0.2, 0.25) is 23.5 Å². The van der Waals surface area contributed by atoms with Crippen molar-refractivity contribution >= 4 is 29.5 Å². The highest BCUT2D eigenvalue weighted by Gasteiger charge is 2.85. The summed E-state index contributed by atoms with van der Waals surface area (Å²) in [5.41, 5.74) is 6.03. The maximum absolute atomic E-state index is 14.8. The summed E-state index contributed by atoms with van der Waals surface area (Å²) in [6, 6.07) is -3.85. The fourth-order valence-electron chi connectivity index (χ4n) is 10.1. The number of Topliss-reactive ketones (excluding diaryl/α,β-unsaturated/α-hetero) is 1. The lowest BCUT2D eigenvalue weighted by Crippen LogP contribution is -2.63. The van der Waals surface area contributed by atoms with Gasteiger partial charge in [-0.25, -0.2) is 4.79 Å². The van der Waals surface area contributed by atoms with Gasteiger partial charge in [-0.1, -0.05) is 61.8 Å². The van der Waals surface area contributed by atoms with Crippen LogP contribution in [-0.4, -0.2) is 96.2 Å². The second-order valence-corrected chi connectivity index (χ2v) is 18.5. The molecule has 0 radical (unpaired) electrons. The van der Waals surface area contributed by atoms with Crippen LogP contribution < -0.4 is 27.0 Å². The van der Waals surface area contributed by atoms with Crippen LogP contribution in [0.5, 0.6) is 0 Å². The Morgan fingerprint density at radius 3 is 2.00 bits per heavy atom. The number of hydrogen-bond donors (Lipinski definition) is 5. The maximum Gasteiger partial charge on any atom is 0.316 e. The van der Waals surface area contributed by atoms with Gasteiger partial charge >= 0.3 is 6.03 Å². The van der Waals surface area contributed by atoms with E-state index in [4.69, 9.17) is 5.73 Å². The Morgan fingerprint density at radius 1 is 0.918 bits per heavy atom. The summed E-state index contributed by atoms with van der Waals surface area (Å²) in [5, 5.41) is 12.2. The standard InChI is InChI=1S/C37H59N7O5/c1-33(2,3)27(30(47)43-16-14-39-15-17-43)41-32(49)42-28(34(4,5)6)31(48)44-20-37(35(7,8)36(37)12-9-13-36)19-24(44)29(46)40-23-18-21-10-11-22(21)25(38)26(23)45/h21,23-24,27-28,39H,9-20,38H2,1-8H3,(H,40,46)(H2,41,42,49)/t21?,23?,24-,27+,28?,37?/m0/s1. The third kappa shape index (κ3) is 5.64. The third-order valence-corrected chi connectivity index (χ3v) is 13.6. The van der Waals surface area contributed by atoms with Crippen molar-refractivity contribution in [2.24, 2.45) is 38.7 Å². The van der Waals surface area contributed by atoms with E-state index in [2.05, 4.69) is 35.1 Å². The van der Waals surface area contributed by atoms with Crippen molar-refractivity contribution < 1.29 is 24.0 Å². The van der Waals surface area contributed by atoms with Crippen LogP contribution in [0.4, 0.5) is 4.79 Å². The van der Waals surface area contributed by atoms with Crippen molar-refractivity contribution in [1.82, 2.24) is 31.1 Å². The van der Waals surface area contributed by atoms with Crippen LogP contribution in [0.25, 0.3) is 0 Å². The Hall–Kier alpha value is -3.15. The second kappa shape index (κ2) is 12.0. The van der Waals surface area contributed by atoms with E-state index < -0.39 is 41.0 Å². The molecule has 2 aliphatic heterocycles. The first-order valence-corrected chi connectivity index (χ1v) is 18.5. The number of ketones is 1. The van der Waals surface area contributed by atoms with Gasteiger partial charge in [-0.15, -0.1) is 0 Å². The molecule has 6 aliphatic rings. The smallest absolute Gasteiger partial charge is 0.316 e. The fraction of sp³-hybridized carbons (Fsp3) is 0.811. The van der Waals surface area contributed by atoms with Gasteiger partial charge in [0.15, 0.2) is 0 Å². The summed E-state index contributed by atoms with van der Waals surface area (Å²) in [6.45, 7) is 18.9. The SMILES string of the molecule is CC(C)(C)C(NC(=O)N[C@H](C(=O)N1CCNCC1)C(C)(C)C)C(=O)N1CC2(C[C@H]1C(=O)NC1CC3CCC3=C(N)C1=O)C(C)(C)C21CCC1. The molecule has 12 heteroatoms. The number of hydrogen-bond acceptors (Lipinski definition) is 7. The number of rotatable bonds is 6. The van der Waals surface area contributed by atoms with Gasteiger partial charge in [-0.3, -0.25) is 19.2 Å². The quantitative estimate of drug-likeness (QED) is 0.287. The molecule has 4 aliphatic carbocycles. The molecule has 12 nitrogen and oxygen atoms in total. The van der Waals surface area contributed by atoms with E-state index in [1.807, 2.05) is 41.5 Å². The molecular weight excluding hydrogens is 622 g/mol. The van der Waals surface area contributed by atoms with E-state index in [9.17, 15) is 24.0 Å². The number of nitrogens with two attached hydrogens (primary N) is 1. The molecule has 6 atom stereocenters. The summed E-state index contributed by atoms with van der Waals surface area (Å²) < 4.78 is 0. The Balaban J connectivity index is 1.24. The molecule has 2 saturated heterocycles. The highest BCUT2D eigenvalue weighted by Crippen LogP contribution is 2.88. The molecule has 6 N–H and O–H groups in total. The maximum atomic E-state index is 14.8. The van der Waals surface area contributed by atoms with E-state index in [-0.39, 0.29) is 51.4 Å². The monoisotopic (exact) mass is 681 g/mol. The van der Waals surface area contributed by atoms with Crippen molar-refractivity contribution in [3.05, 3.63) is 11.3 Å². The van der Waals surface area contributed by atoms with Crippen LogP contribution in [-0.2, 0) is 19.2 Å². The molecule has 0 aromatic heterocycles. The number of carbonyl (C=O) groups excluding carboxylic acids is 5. The number of urea groups is 1. The summed E-state index contributed by atoms with van der Waals surface area (Å²) in [5.74, 6) is -0.818. The minimum Gasteiger partial charge on any atom is -0.396 e. The summed E-state index contributed by atoms with van der Waals surface area (Å²) in [7, 11) is 0. The number of piperazine rings is 1. The highest BCUT2D eigenvalue weighted by molar-refractivity contribution is 6.03. The molecule has 272 valence electrons. The number of amides is 5. The minimum atomic E-state index is -0.973. The van der Waals surface area contributed by atoms with E-state index in [0.717, 1.165) is 37.7 Å². The number of nitrogens with one attached hydrogen (secondary N) is 4. The third-order valence-electron chi connectivity index (χ3n) is 13.6. The number of fused-ring (bicyclic) bond motifs is 2. The zero-order valence-electron chi connectivity index (χ0n) is 30.9. The lowest BCUT2D eigenvalue weighted by Gasteiger charge is -2.39. The molecule has 49 heavy (non-hydrogen) atoms. The van der Waals surface area contributed by atoms with E-state index >= 15 is 0 Å². The van der Waals surface area contributed by atoms with Crippen molar-refractivity contribution in [3.8, 4) is 0 Å². The zero-order chi connectivity index (χ0) is 35.9. The number of allylic oxidation sites excluding steroid dienone is 1. The van der Waals surface area contributed by atoms with Crippen molar-refractivity contribution in [1.29, 1.82) is 0 Å². The predicted molar refractivity (Wildman–Crippen MR) is 186 cm³/mol. The van der Waals surface area contributed by atoms with Gasteiger partial charge in [0.25, 0.3) is 0 Å². The van der Waals surface area contributed by atoms with Crippen LogP contribution in [0.15, 0.2) is 11.3 Å². The Morgan fingerprint density at radius 2 is 1.51 bits per heavy atom. The van der Waals surface area contributed by atoms with E-state index in [1.54, 1.807) is 9.80 Å². The predicted octanol–water partition coefficient (Wildman–Crippen LogP) is 2.42. The Kier molecular flexibility index (Phi) is 8.72. The van der Waals surface area contributed by atoms with E-state index in [1.165, 1.54) is 0 Å². The minimum absolute atomic E-state index is 0.0488. The summed E-state index contributed by atoms with van der Waals surface area (Å²) >= 11 is 0. The fourth-order valence-corrected chi connectivity index (χ4v) is 10.1. The molecule has 3 saturated carbocycles. The first-order chi connectivity index (χ1) is 22.8. The zero-order valence-corrected chi connectivity index (χ0v) is 30.9. The Bertz CT molecular complexity index is 1450. The van der Waals surface area contributed by atoms with Crippen molar-refractivity contribution in [2.75, 3.05) is 32.7 Å². The number of likely N-dealkylation sites (tertiary alicyclic amines) is 1.